The second-order valence-corrected chi connectivity index (χ2v) is 22.3. The van der Waals surface area contributed by atoms with Gasteiger partial charge >= 0.3 is 0 Å². The molecule has 7 fully saturated rings. The summed E-state index contributed by atoms with van der Waals surface area (Å²) in [6.45, 7) is 15.6. The summed E-state index contributed by atoms with van der Waals surface area (Å²) in [6.07, 6.45) is -7.69. The van der Waals surface area contributed by atoms with E-state index in [0.29, 0.717) is 18.3 Å². The molecule has 0 aromatic carbocycles. The number of fused-ring (bicyclic) bond motifs is 7. The molecule has 344 valence electrons. The maximum absolute atomic E-state index is 11.7. The maximum Gasteiger partial charge on any atom is 0.186 e. The van der Waals surface area contributed by atoms with Gasteiger partial charge in [-0.3, -0.25) is 0 Å². The molecular weight excluding hydrogens is 780 g/mol. The molecule has 0 bridgehead atoms. The van der Waals surface area contributed by atoms with Gasteiger partial charge in [0.1, 0.15) is 54.9 Å². The van der Waals surface area contributed by atoms with E-state index >= 15 is 0 Å². The molecule has 0 aromatic heterocycles. The normalized spacial score (nSPS) is 55.1. The predicted octanol–water partition coefficient (Wildman–Crippen LogP) is 1.50. The number of hydrogen-bond donors (Lipinski definition) is 9. The molecule has 0 amide bonds. The molecule has 60 heavy (non-hydrogen) atoms. The molecular formula is C45H74O15. The Labute approximate surface area is 354 Å². The molecule has 15 heteroatoms. The zero-order valence-electron chi connectivity index (χ0n) is 36.6. The monoisotopic (exact) mass is 855 g/mol. The smallest absolute Gasteiger partial charge is 0.186 e. The van der Waals surface area contributed by atoms with Gasteiger partial charge in [-0.05, 0) is 103 Å². The molecule has 5 aliphatic carbocycles. The molecule has 3 aliphatic heterocycles. The van der Waals surface area contributed by atoms with Crippen molar-refractivity contribution in [2.24, 2.45) is 50.2 Å². The Morgan fingerprint density at radius 3 is 1.83 bits per heavy atom. The number of aliphatic hydroxyl groups excluding tert-OH is 9. The van der Waals surface area contributed by atoms with E-state index < -0.39 is 85.3 Å². The number of hydrogen-bond acceptors (Lipinski definition) is 15. The summed E-state index contributed by atoms with van der Waals surface area (Å²) in [7, 11) is 0. The molecule has 0 aromatic rings. The highest BCUT2D eigenvalue weighted by Gasteiger charge is 2.69. The lowest BCUT2D eigenvalue weighted by atomic mass is 9.33. The summed E-state index contributed by atoms with van der Waals surface area (Å²) < 4.78 is 35.0. The van der Waals surface area contributed by atoms with Crippen LogP contribution in [0, 0.1) is 50.2 Å². The standard InChI is InChI=1S/C45H74O15/c1-40(2)16-23-22-8-9-28-42(5)12-11-29(49)41(3,4)27(42)10-13-44(28,7)43(22,6)14-15-45(23,17-30(40)50)21-58-37-33(53)35(25(47)19-55-37)60-39-34(54)36(26(48)20-57-39)59-38-32(52)31(51)24(46)18-56-38/h8,23-39,46-54H,9-21H2,1-7H3/t23-,24+,25+,26+,27-,28+,29-,30-,31+,32-,33-,34-,35+,36+,37+,38+,39+,42-,43+,44+,45-/m0/s1. The van der Waals surface area contributed by atoms with Gasteiger partial charge < -0.3 is 74.4 Å². The Hall–Kier alpha value is -0.860. The molecule has 8 aliphatic rings. The van der Waals surface area contributed by atoms with Gasteiger partial charge in [-0.2, -0.15) is 0 Å². The zero-order chi connectivity index (χ0) is 43.5. The van der Waals surface area contributed by atoms with E-state index in [4.69, 9.17) is 28.4 Å². The van der Waals surface area contributed by atoms with Crippen LogP contribution in [0.5, 0.6) is 0 Å². The van der Waals surface area contributed by atoms with Crippen molar-refractivity contribution >= 4 is 0 Å². The van der Waals surface area contributed by atoms with Crippen LogP contribution in [-0.4, -0.2) is 158 Å². The Kier molecular flexibility index (Phi) is 12.1. The third-order valence-electron chi connectivity index (χ3n) is 18.4. The van der Waals surface area contributed by atoms with Crippen molar-refractivity contribution in [3.63, 3.8) is 0 Å². The van der Waals surface area contributed by atoms with E-state index in [-0.39, 0.29) is 65.5 Å². The van der Waals surface area contributed by atoms with Crippen LogP contribution in [-0.2, 0) is 28.4 Å². The minimum atomic E-state index is -1.68. The first-order valence-electron chi connectivity index (χ1n) is 22.6. The molecule has 3 saturated heterocycles. The lowest BCUT2D eigenvalue weighted by Gasteiger charge is -2.71. The van der Waals surface area contributed by atoms with Crippen LogP contribution in [0.3, 0.4) is 0 Å². The third kappa shape index (κ3) is 7.11. The Morgan fingerprint density at radius 2 is 1.18 bits per heavy atom. The molecule has 15 nitrogen and oxygen atoms in total. The Balaban J connectivity index is 0.990. The van der Waals surface area contributed by atoms with Crippen molar-refractivity contribution < 1.29 is 74.4 Å². The fourth-order valence-corrected chi connectivity index (χ4v) is 14.2. The number of allylic oxidation sites excluding steroid dienone is 2. The van der Waals surface area contributed by atoms with Crippen molar-refractivity contribution in [2.75, 3.05) is 26.4 Å². The van der Waals surface area contributed by atoms with Crippen molar-refractivity contribution in [2.45, 2.75) is 192 Å². The van der Waals surface area contributed by atoms with Gasteiger partial charge in [-0.25, -0.2) is 0 Å². The first-order valence-corrected chi connectivity index (χ1v) is 22.6. The Morgan fingerprint density at radius 1 is 0.600 bits per heavy atom. The summed E-state index contributed by atoms with van der Waals surface area (Å²) in [5.41, 5.74) is 0.645. The molecule has 4 saturated carbocycles. The summed E-state index contributed by atoms with van der Waals surface area (Å²) >= 11 is 0. The summed E-state index contributed by atoms with van der Waals surface area (Å²) in [5.74, 6) is 1.05. The number of aliphatic hydroxyl groups is 9. The van der Waals surface area contributed by atoms with Crippen LogP contribution >= 0.6 is 0 Å². The summed E-state index contributed by atoms with van der Waals surface area (Å²) in [4.78, 5) is 0. The number of rotatable bonds is 7. The van der Waals surface area contributed by atoms with Crippen LogP contribution in [0.15, 0.2) is 11.6 Å². The number of ether oxygens (including phenoxy) is 6. The van der Waals surface area contributed by atoms with Crippen molar-refractivity contribution in [3.8, 4) is 0 Å². The summed E-state index contributed by atoms with van der Waals surface area (Å²) in [5, 5.41) is 97.7. The molecule has 21 atom stereocenters. The fraction of sp³-hybridized carbons (Fsp3) is 0.956. The van der Waals surface area contributed by atoms with Crippen molar-refractivity contribution in [1.29, 1.82) is 0 Å². The van der Waals surface area contributed by atoms with Gasteiger partial charge in [0.05, 0.1) is 38.6 Å². The lowest BCUT2D eigenvalue weighted by molar-refractivity contribution is -0.357. The van der Waals surface area contributed by atoms with Crippen LogP contribution in [0.2, 0.25) is 0 Å². The highest BCUT2D eigenvalue weighted by Crippen LogP contribution is 2.75. The van der Waals surface area contributed by atoms with E-state index in [2.05, 4.69) is 54.5 Å². The van der Waals surface area contributed by atoms with Crippen molar-refractivity contribution in [1.82, 2.24) is 0 Å². The van der Waals surface area contributed by atoms with Crippen molar-refractivity contribution in [3.05, 3.63) is 11.6 Å². The van der Waals surface area contributed by atoms with Gasteiger partial charge in [0.2, 0.25) is 0 Å². The van der Waals surface area contributed by atoms with E-state index in [9.17, 15) is 46.0 Å². The highest BCUT2D eigenvalue weighted by atomic mass is 16.7. The maximum atomic E-state index is 11.7. The molecule has 8 rings (SSSR count). The van der Waals surface area contributed by atoms with Gasteiger partial charge in [-0.1, -0.05) is 60.1 Å². The van der Waals surface area contributed by atoms with Gasteiger partial charge in [-0.15, -0.1) is 0 Å². The van der Waals surface area contributed by atoms with Gasteiger partial charge in [0.25, 0.3) is 0 Å². The third-order valence-corrected chi connectivity index (χ3v) is 18.4. The quantitative estimate of drug-likeness (QED) is 0.165. The topological polar surface area (TPSA) is 237 Å². The molecule has 0 spiro atoms. The highest BCUT2D eigenvalue weighted by molar-refractivity contribution is 5.34. The second-order valence-electron chi connectivity index (χ2n) is 22.3. The van der Waals surface area contributed by atoms with E-state index in [0.717, 1.165) is 51.4 Å². The van der Waals surface area contributed by atoms with Crippen LogP contribution < -0.4 is 0 Å². The van der Waals surface area contributed by atoms with E-state index in [1.54, 1.807) is 0 Å². The van der Waals surface area contributed by atoms with Crippen LogP contribution in [0.25, 0.3) is 0 Å². The molecule has 9 N–H and O–H groups in total. The fourth-order valence-electron chi connectivity index (χ4n) is 14.2. The van der Waals surface area contributed by atoms with E-state index in [1.165, 1.54) is 5.57 Å². The first kappa shape index (κ1) is 45.7. The average Bonchev–Trinajstić information content (AvgIpc) is 3.18. The SMILES string of the molecule is CC1(C)C[C@H]2C3=CC[C@@H]4[C@@]5(C)CC[C@H](O)C(C)(C)[C@@H]5CC[C@@]4(C)[C@]3(C)CC[C@@]2(CO[C@H]2OC[C@@H](O)[C@@H](O[C@H]3OC[C@@H](O)[C@@H](O[C@H]4OC[C@@H](O)[C@@H](O)[C@@H]4O)[C@@H]3O)[C@@H]2O)C[C@@H]1O. The summed E-state index contributed by atoms with van der Waals surface area (Å²) in [6, 6.07) is 0. The van der Waals surface area contributed by atoms with Crippen LogP contribution in [0.1, 0.15) is 106 Å². The first-order chi connectivity index (χ1) is 28.0. The van der Waals surface area contributed by atoms with E-state index in [1.807, 2.05) is 0 Å². The Bertz CT molecular complexity index is 1590. The molecule has 0 unspecified atom stereocenters. The minimum absolute atomic E-state index is 0.0517. The second kappa shape index (κ2) is 15.9. The largest absolute Gasteiger partial charge is 0.393 e. The minimum Gasteiger partial charge on any atom is -0.393 e. The van der Waals surface area contributed by atoms with Gasteiger partial charge in [0, 0.05) is 5.41 Å². The molecule has 3 heterocycles. The zero-order valence-corrected chi connectivity index (χ0v) is 36.6. The predicted molar refractivity (Wildman–Crippen MR) is 213 cm³/mol. The van der Waals surface area contributed by atoms with Gasteiger partial charge in [0.15, 0.2) is 18.9 Å². The van der Waals surface area contributed by atoms with Crippen LogP contribution in [0.4, 0.5) is 0 Å². The lowest BCUT2D eigenvalue weighted by Crippen LogP contribution is -2.65. The average molecular weight is 855 g/mol. The molecule has 0 radical (unpaired) electrons.